The van der Waals surface area contributed by atoms with E-state index in [1.165, 1.54) is 0 Å². The SMILES string of the molecule is COc1cccc(SCC(=O)C(C)(C)C)c1. The zero-order chi connectivity index (χ0) is 12.2. The fraction of sp³-hybridized carbons (Fsp3) is 0.462. The molecule has 0 aliphatic rings. The van der Waals surface area contributed by atoms with Gasteiger partial charge in [0.05, 0.1) is 12.9 Å². The van der Waals surface area contributed by atoms with E-state index < -0.39 is 0 Å². The molecule has 0 bridgehead atoms. The Kier molecular flexibility index (Phi) is 4.42. The van der Waals surface area contributed by atoms with Gasteiger partial charge >= 0.3 is 0 Å². The van der Waals surface area contributed by atoms with Crippen LogP contribution in [0.5, 0.6) is 5.75 Å². The maximum atomic E-state index is 11.7. The summed E-state index contributed by atoms with van der Waals surface area (Å²) in [5.41, 5.74) is -0.258. The zero-order valence-corrected chi connectivity index (χ0v) is 11.1. The summed E-state index contributed by atoms with van der Waals surface area (Å²) in [5, 5.41) is 0. The number of Topliss-reactive ketones (excluding diaryl/α,β-unsaturated/α-hetero) is 1. The second kappa shape index (κ2) is 5.39. The smallest absolute Gasteiger partial charge is 0.148 e. The Balaban J connectivity index is 2.58. The van der Waals surface area contributed by atoms with Crippen molar-refractivity contribution in [1.29, 1.82) is 0 Å². The molecule has 0 aromatic heterocycles. The molecule has 0 heterocycles. The number of hydrogen-bond donors (Lipinski definition) is 0. The monoisotopic (exact) mass is 238 g/mol. The van der Waals surface area contributed by atoms with Gasteiger partial charge in [-0.1, -0.05) is 26.8 Å². The number of benzene rings is 1. The topological polar surface area (TPSA) is 26.3 Å². The fourth-order valence-electron chi connectivity index (χ4n) is 1.06. The third-order valence-corrected chi connectivity index (χ3v) is 3.24. The Hall–Kier alpha value is -0.960. The van der Waals surface area contributed by atoms with E-state index in [0.29, 0.717) is 5.75 Å². The second-order valence-corrected chi connectivity index (χ2v) is 5.69. The summed E-state index contributed by atoms with van der Waals surface area (Å²) in [7, 11) is 1.64. The van der Waals surface area contributed by atoms with Crippen LogP contribution in [-0.2, 0) is 4.79 Å². The molecule has 88 valence electrons. The minimum atomic E-state index is -0.258. The Morgan fingerprint density at radius 1 is 1.38 bits per heavy atom. The normalized spacial score (nSPS) is 11.2. The average molecular weight is 238 g/mol. The lowest BCUT2D eigenvalue weighted by Crippen LogP contribution is -2.21. The number of ether oxygens (including phenoxy) is 1. The third kappa shape index (κ3) is 3.89. The van der Waals surface area contributed by atoms with Crippen LogP contribution >= 0.6 is 11.8 Å². The van der Waals surface area contributed by atoms with Crippen molar-refractivity contribution in [2.45, 2.75) is 25.7 Å². The molecule has 1 aromatic carbocycles. The Labute approximate surface area is 101 Å². The summed E-state index contributed by atoms with van der Waals surface area (Å²) in [5.74, 6) is 1.60. The van der Waals surface area contributed by atoms with E-state index in [4.69, 9.17) is 4.74 Å². The van der Waals surface area contributed by atoms with Gasteiger partial charge in [-0.3, -0.25) is 4.79 Å². The summed E-state index contributed by atoms with van der Waals surface area (Å²) in [6.07, 6.45) is 0. The van der Waals surface area contributed by atoms with Gasteiger partial charge in [-0.2, -0.15) is 0 Å². The van der Waals surface area contributed by atoms with Crippen LogP contribution in [0.3, 0.4) is 0 Å². The highest BCUT2D eigenvalue weighted by molar-refractivity contribution is 8.00. The number of ketones is 1. The number of hydrogen-bond acceptors (Lipinski definition) is 3. The van der Waals surface area contributed by atoms with Crippen molar-refractivity contribution in [1.82, 2.24) is 0 Å². The molecule has 0 radical (unpaired) electrons. The second-order valence-electron chi connectivity index (χ2n) is 4.64. The van der Waals surface area contributed by atoms with Crippen LogP contribution in [0, 0.1) is 5.41 Å². The van der Waals surface area contributed by atoms with Crippen LogP contribution in [0.2, 0.25) is 0 Å². The van der Waals surface area contributed by atoms with E-state index >= 15 is 0 Å². The molecule has 0 fully saturated rings. The number of carbonyl (C=O) groups is 1. The molecular formula is C13H18O2S. The molecule has 16 heavy (non-hydrogen) atoms. The lowest BCUT2D eigenvalue weighted by molar-refractivity contribution is -0.123. The van der Waals surface area contributed by atoms with Crippen molar-refractivity contribution < 1.29 is 9.53 Å². The van der Waals surface area contributed by atoms with E-state index in [2.05, 4.69) is 0 Å². The van der Waals surface area contributed by atoms with Crippen molar-refractivity contribution in [3.05, 3.63) is 24.3 Å². The van der Waals surface area contributed by atoms with Crippen LogP contribution in [0.15, 0.2) is 29.2 Å². The van der Waals surface area contributed by atoms with Gasteiger partial charge < -0.3 is 4.74 Å². The Morgan fingerprint density at radius 3 is 2.62 bits per heavy atom. The maximum Gasteiger partial charge on any atom is 0.148 e. The third-order valence-electron chi connectivity index (χ3n) is 2.25. The van der Waals surface area contributed by atoms with E-state index in [1.807, 2.05) is 45.0 Å². The van der Waals surface area contributed by atoms with Crippen molar-refractivity contribution >= 4 is 17.5 Å². The Bertz CT molecular complexity index is 366. The first-order valence-electron chi connectivity index (χ1n) is 5.23. The highest BCUT2D eigenvalue weighted by Gasteiger charge is 2.20. The standard InChI is InChI=1S/C13H18O2S/c1-13(2,3)12(14)9-16-11-7-5-6-10(8-11)15-4/h5-8H,9H2,1-4H3. The Morgan fingerprint density at radius 2 is 2.06 bits per heavy atom. The molecule has 1 rings (SSSR count). The van der Waals surface area contributed by atoms with Gasteiger partial charge in [0.2, 0.25) is 0 Å². The molecule has 0 saturated heterocycles. The number of thioether (sulfide) groups is 1. The zero-order valence-electron chi connectivity index (χ0n) is 10.2. The molecule has 0 atom stereocenters. The van der Waals surface area contributed by atoms with Gasteiger partial charge in [0, 0.05) is 10.3 Å². The van der Waals surface area contributed by atoms with E-state index in [1.54, 1.807) is 18.9 Å². The number of rotatable bonds is 4. The van der Waals surface area contributed by atoms with Crippen molar-refractivity contribution in [2.75, 3.05) is 12.9 Å². The largest absolute Gasteiger partial charge is 0.497 e. The quantitative estimate of drug-likeness (QED) is 0.752. The van der Waals surface area contributed by atoms with Crippen molar-refractivity contribution in [3.63, 3.8) is 0 Å². The molecule has 0 aliphatic heterocycles. The first-order chi connectivity index (χ1) is 7.43. The summed E-state index contributed by atoms with van der Waals surface area (Å²) in [6.45, 7) is 5.84. The molecule has 3 heteroatoms. The van der Waals surface area contributed by atoms with Crippen LogP contribution < -0.4 is 4.74 Å². The van der Waals surface area contributed by atoms with E-state index in [9.17, 15) is 4.79 Å². The van der Waals surface area contributed by atoms with Crippen LogP contribution in [0.4, 0.5) is 0 Å². The lowest BCUT2D eigenvalue weighted by atomic mass is 9.92. The molecule has 0 N–H and O–H groups in total. The lowest BCUT2D eigenvalue weighted by Gasteiger charge is -2.15. The van der Waals surface area contributed by atoms with Gasteiger partial charge in [-0.25, -0.2) is 0 Å². The highest BCUT2D eigenvalue weighted by atomic mass is 32.2. The molecular weight excluding hydrogens is 220 g/mol. The minimum absolute atomic E-state index is 0.258. The van der Waals surface area contributed by atoms with Gasteiger partial charge in [0.25, 0.3) is 0 Å². The van der Waals surface area contributed by atoms with Gasteiger partial charge in [0.1, 0.15) is 11.5 Å². The van der Waals surface area contributed by atoms with Crippen LogP contribution in [0.1, 0.15) is 20.8 Å². The summed E-state index contributed by atoms with van der Waals surface area (Å²) in [6, 6.07) is 7.77. The average Bonchev–Trinajstić information content (AvgIpc) is 2.25. The first kappa shape index (κ1) is 13.1. The maximum absolute atomic E-state index is 11.7. The van der Waals surface area contributed by atoms with Crippen molar-refractivity contribution in [3.8, 4) is 5.75 Å². The fourth-order valence-corrected chi connectivity index (χ4v) is 2.16. The van der Waals surface area contributed by atoms with Crippen molar-refractivity contribution in [2.24, 2.45) is 5.41 Å². The molecule has 0 saturated carbocycles. The van der Waals surface area contributed by atoms with Crippen LogP contribution in [-0.4, -0.2) is 18.6 Å². The first-order valence-corrected chi connectivity index (χ1v) is 6.22. The van der Waals surface area contributed by atoms with Gasteiger partial charge in [-0.05, 0) is 18.2 Å². The predicted octanol–water partition coefficient (Wildman–Crippen LogP) is 3.40. The molecule has 0 amide bonds. The summed E-state index contributed by atoms with van der Waals surface area (Å²) in [4.78, 5) is 12.8. The molecule has 0 spiro atoms. The van der Waals surface area contributed by atoms with Gasteiger partial charge in [-0.15, -0.1) is 11.8 Å². The molecule has 2 nitrogen and oxygen atoms in total. The minimum Gasteiger partial charge on any atom is -0.497 e. The highest BCUT2D eigenvalue weighted by Crippen LogP contribution is 2.25. The molecule has 0 unspecified atom stereocenters. The van der Waals surface area contributed by atoms with Gasteiger partial charge in [0.15, 0.2) is 0 Å². The van der Waals surface area contributed by atoms with Crippen LogP contribution in [0.25, 0.3) is 0 Å². The van der Waals surface area contributed by atoms with E-state index in [-0.39, 0.29) is 11.2 Å². The molecule has 1 aromatic rings. The summed E-state index contributed by atoms with van der Waals surface area (Å²) < 4.78 is 5.13. The van der Waals surface area contributed by atoms with E-state index in [0.717, 1.165) is 10.6 Å². The number of methoxy groups -OCH3 is 1. The molecule has 0 aliphatic carbocycles. The predicted molar refractivity (Wildman–Crippen MR) is 68.2 cm³/mol. The summed E-state index contributed by atoms with van der Waals surface area (Å²) >= 11 is 1.56. The number of carbonyl (C=O) groups excluding carboxylic acids is 1.